The molecule has 0 saturated heterocycles. The molecule has 1 unspecified atom stereocenters. The Labute approximate surface area is 285 Å². The zero-order chi connectivity index (χ0) is 34.9. The number of ether oxygens (including phenoxy) is 3. The van der Waals surface area contributed by atoms with E-state index in [-0.39, 0.29) is 29.7 Å². The molecule has 0 N–H and O–H groups in total. The molecule has 0 bridgehead atoms. The molecule has 0 aromatic heterocycles. The van der Waals surface area contributed by atoms with Crippen LogP contribution in [0.4, 0.5) is 10.1 Å². The number of halogens is 1. The van der Waals surface area contributed by atoms with Gasteiger partial charge in [-0.1, -0.05) is 82.0 Å². The first-order valence-corrected chi connectivity index (χ1v) is 18.2. The van der Waals surface area contributed by atoms with Crippen LogP contribution >= 0.6 is 0 Å². The summed E-state index contributed by atoms with van der Waals surface area (Å²) in [5.41, 5.74) is 2.37. The quantitative estimate of drug-likeness (QED) is 0.0906. The lowest BCUT2D eigenvalue weighted by molar-refractivity contribution is -0.140. The standard InChI is InChI=1S/C38H49FN2O6S/c1-7-10-21-38(22-11-8-2)25-32(29-15-13-12-14-16-29)31-23-34(40(4)5)35(47-27-33(39)37(42)46-9-3)24-36(31)48(43,44)41(38)26-28-17-19-30(45-6)20-18-28/h12-20,23-24,27,32H,7-11,21-22,25-26H2,1-6H3/b33-27-. The van der Waals surface area contributed by atoms with Crippen LogP contribution in [0, 0.1) is 0 Å². The summed E-state index contributed by atoms with van der Waals surface area (Å²) in [6.45, 7) is 6.01. The normalized spacial score (nSPS) is 17.2. The zero-order valence-electron chi connectivity index (χ0n) is 29.0. The van der Waals surface area contributed by atoms with Crippen LogP contribution in [0.1, 0.15) is 88.3 Å². The van der Waals surface area contributed by atoms with E-state index in [2.05, 4.69) is 26.0 Å². The third kappa shape index (κ3) is 8.21. The number of nitrogens with zero attached hydrogens (tertiary/aromatic N) is 2. The number of carbonyl (C=O) groups excluding carboxylic acids is 1. The number of hydrogen-bond donors (Lipinski definition) is 0. The SMILES string of the molecule is CCCCC1(CCCC)CC(c2ccccc2)c2cc(N(C)C)c(O/C=C(\F)C(=O)OCC)cc2S(=O)(=O)N1Cc1ccc(OC)cc1. The van der Waals surface area contributed by atoms with Crippen LogP contribution in [-0.2, 0) is 26.1 Å². The molecule has 1 atom stereocenters. The van der Waals surface area contributed by atoms with Gasteiger partial charge in [-0.25, -0.2) is 13.2 Å². The van der Waals surface area contributed by atoms with E-state index in [1.54, 1.807) is 23.2 Å². The van der Waals surface area contributed by atoms with Crippen molar-refractivity contribution < 1.29 is 31.8 Å². The van der Waals surface area contributed by atoms with Crippen molar-refractivity contribution in [3.8, 4) is 11.5 Å². The van der Waals surface area contributed by atoms with Gasteiger partial charge in [-0.15, -0.1) is 0 Å². The van der Waals surface area contributed by atoms with Crippen molar-refractivity contribution in [3.63, 3.8) is 0 Å². The summed E-state index contributed by atoms with van der Waals surface area (Å²) in [6.07, 6.45) is 6.25. The average Bonchev–Trinajstić information content (AvgIpc) is 3.16. The third-order valence-electron chi connectivity index (χ3n) is 9.07. The maximum Gasteiger partial charge on any atom is 0.370 e. The number of benzene rings is 3. The maximum atomic E-state index is 15.3. The molecule has 8 nitrogen and oxygen atoms in total. The minimum absolute atomic E-state index is 0.00282. The van der Waals surface area contributed by atoms with Crippen LogP contribution in [-0.4, -0.2) is 52.0 Å². The molecule has 10 heteroatoms. The number of sulfonamides is 1. The van der Waals surface area contributed by atoms with Gasteiger partial charge < -0.3 is 19.1 Å². The summed E-state index contributed by atoms with van der Waals surface area (Å²) in [4.78, 5) is 13.9. The molecule has 1 aliphatic rings. The summed E-state index contributed by atoms with van der Waals surface area (Å²) in [6, 6.07) is 20.9. The van der Waals surface area contributed by atoms with Crippen LogP contribution in [0.5, 0.6) is 11.5 Å². The molecule has 4 rings (SSSR count). The number of hydrogen-bond acceptors (Lipinski definition) is 7. The van der Waals surface area contributed by atoms with Gasteiger partial charge >= 0.3 is 5.97 Å². The minimum atomic E-state index is -4.17. The maximum absolute atomic E-state index is 15.3. The highest BCUT2D eigenvalue weighted by molar-refractivity contribution is 7.89. The molecule has 1 aliphatic heterocycles. The van der Waals surface area contributed by atoms with Gasteiger partial charge in [0.15, 0.2) is 5.75 Å². The number of carbonyl (C=O) groups is 1. The van der Waals surface area contributed by atoms with Gasteiger partial charge in [0, 0.05) is 38.2 Å². The summed E-state index contributed by atoms with van der Waals surface area (Å²) in [5.74, 6) is -1.84. The fraction of sp³-hybridized carbons (Fsp3) is 0.447. The van der Waals surface area contributed by atoms with E-state index in [9.17, 15) is 9.18 Å². The van der Waals surface area contributed by atoms with E-state index in [0.717, 1.165) is 36.8 Å². The number of fused-ring (bicyclic) bond motifs is 1. The van der Waals surface area contributed by atoms with Gasteiger partial charge in [0.25, 0.3) is 0 Å². The lowest BCUT2D eigenvalue weighted by Crippen LogP contribution is -2.51. The summed E-state index contributed by atoms with van der Waals surface area (Å²) in [5, 5.41) is 0. The Hall–Kier alpha value is -3.89. The first-order valence-electron chi connectivity index (χ1n) is 16.8. The number of esters is 1. The van der Waals surface area contributed by atoms with Crippen LogP contribution in [0.3, 0.4) is 0 Å². The highest BCUT2D eigenvalue weighted by Gasteiger charge is 2.49. The first kappa shape index (κ1) is 36.9. The fourth-order valence-electron chi connectivity index (χ4n) is 6.56. The van der Waals surface area contributed by atoms with Gasteiger partial charge in [-0.05, 0) is 61.1 Å². The molecule has 3 aromatic carbocycles. The summed E-state index contributed by atoms with van der Waals surface area (Å²) in [7, 11) is 1.05. The average molecular weight is 681 g/mol. The molecule has 1 heterocycles. The molecule has 0 amide bonds. The third-order valence-corrected chi connectivity index (χ3v) is 11.1. The largest absolute Gasteiger partial charge is 0.497 e. The van der Waals surface area contributed by atoms with Crippen molar-refractivity contribution in [1.82, 2.24) is 4.31 Å². The Kier molecular flexibility index (Phi) is 12.7. The fourth-order valence-corrected chi connectivity index (χ4v) is 8.64. The summed E-state index contributed by atoms with van der Waals surface area (Å²) >= 11 is 0. The topological polar surface area (TPSA) is 85.4 Å². The van der Waals surface area contributed by atoms with Crippen LogP contribution < -0.4 is 14.4 Å². The molecule has 0 fully saturated rings. The minimum Gasteiger partial charge on any atom is -0.497 e. The Morgan fingerprint density at radius 2 is 1.65 bits per heavy atom. The number of anilines is 1. The molecule has 3 aromatic rings. The molecule has 0 radical (unpaired) electrons. The second kappa shape index (κ2) is 16.5. The predicted molar refractivity (Wildman–Crippen MR) is 188 cm³/mol. The second-order valence-corrected chi connectivity index (χ2v) is 14.3. The summed E-state index contributed by atoms with van der Waals surface area (Å²) < 4.78 is 62.9. The van der Waals surface area contributed by atoms with Gasteiger partial charge in [0.1, 0.15) is 12.0 Å². The Morgan fingerprint density at radius 3 is 2.21 bits per heavy atom. The molecule has 0 saturated carbocycles. The van der Waals surface area contributed by atoms with Crippen molar-refractivity contribution in [2.75, 3.05) is 32.7 Å². The van der Waals surface area contributed by atoms with Crippen molar-refractivity contribution >= 4 is 21.7 Å². The van der Waals surface area contributed by atoms with E-state index in [1.807, 2.05) is 62.6 Å². The predicted octanol–water partition coefficient (Wildman–Crippen LogP) is 8.36. The van der Waals surface area contributed by atoms with Crippen LogP contribution in [0.2, 0.25) is 0 Å². The van der Waals surface area contributed by atoms with E-state index < -0.39 is 27.4 Å². The number of unbranched alkanes of at least 4 members (excludes halogenated alkanes) is 2. The van der Waals surface area contributed by atoms with E-state index >= 15 is 8.42 Å². The van der Waals surface area contributed by atoms with Crippen molar-refractivity contribution in [3.05, 3.63) is 95.5 Å². The van der Waals surface area contributed by atoms with Gasteiger partial charge in [-0.2, -0.15) is 8.70 Å². The Bertz CT molecular complexity index is 1650. The molecule has 48 heavy (non-hydrogen) atoms. The lowest BCUT2D eigenvalue weighted by Gasteiger charge is -2.44. The molecule has 0 spiro atoms. The van der Waals surface area contributed by atoms with Crippen molar-refractivity contribution in [2.45, 2.75) is 88.6 Å². The number of rotatable bonds is 15. The highest BCUT2D eigenvalue weighted by atomic mass is 32.2. The van der Waals surface area contributed by atoms with Crippen LogP contribution in [0.15, 0.2) is 83.7 Å². The van der Waals surface area contributed by atoms with Crippen molar-refractivity contribution in [1.29, 1.82) is 0 Å². The molecular formula is C38H49FN2O6S. The van der Waals surface area contributed by atoms with Gasteiger partial charge in [0.2, 0.25) is 15.9 Å². The highest BCUT2D eigenvalue weighted by Crippen LogP contribution is 2.51. The van der Waals surface area contributed by atoms with Gasteiger partial charge in [-0.3, -0.25) is 0 Å². The van der Waals surface area contributed by atoms with E-state index in [0.29, 0.717) is 42.5 Å². The number of methoxy groups -OCH3 is 1. The first-order chi connectivity index (χ1) is 23.0. The smallest absolute Gasteiger partial charge is 0.370 e. The monoisotopic (exact) mass is 680 g/mol. The Morgan fingerprint density at radius 1 is 1.00 bits per heavy atom. The van der Waals surface area contributed by atoms with Crippen LogP contribution in [0.25, 0.3) is 0 Å². The second-order valence-electron chi connectivity index (χ2n) is 12.5. The molecule has 0 aliphatic carbocycles. The zero-order valence-corrected chi connectivity index (χ0v) is 29.8. The van der Waals surface area contributed by atoms with E-state index in [4.69, 9.17) is 14.2 Å². The lowest BCUT2D eigenvalue weighted by atomic mass is 9.74. The van der Waals surface area contributed by atoms with Crippen molar-refractivity contribution in [2.24, 2.45) is 0 Å². The van der Waals surface area contributed by atoms with E-state index in [1.165, 1.54) is 6.07 Å². The Balaban J connectivity index is 2.02. The van der Waals surface area contributed by atoms with Gasteiger partial charge in [0.05, 0.1) is 24.3 Å². The molecule has 260 valence electrons. The molecular weight excluding hydrogens is 631 g/mol.